The van der Waals surface area contributed by atoms with Gasteiger partial charge in [-0.2, -0.15) is 0 Å². The van der Waals surface area contributed by atoms with Crippen LogP contribution in [0.15, 0.2) is 0 Å². The molecule has 0 saturated carbocycles. The average molecular weight is 285 g/mol. The molecule has 0 aromatic rings. The van der Waals surface area contributed by atoms with Gasteiger partial charge in [0.05, 0.1) is 6.61 Å². The number of likely N-dealkylation sites (N-methyl/N-ethyl adjacent to an activating group) is 1. The van der Waals surface area contributed by atoms with Gasteiger partial charge < -0.3 is 9.64 Å². The maximum absolute atomic E-state index is 11.3. The summed E-state index contributed by atoms with van der Waals surface area (Å²) in [5.41, 5.74) is 0. The lowest BCUT2D eigenvalue weighted by molar-refractivity contribution is -0.136. The van der Waals surface area contributed by atoms with Crippen molar-refractivity contribution in [1.29, 1.82) is 0 Å². The molecule has 4 heteroatoms. The lowest BCUT2D eigenvalue weighted by atomic mass is 10.3. The fraction of sp³-hybridized carbons (Fsp3) is 0.875. The maximum atomic E-state index is 11.3. The van der Waals surface area contributed by atoms with E-state index < -0.39 is 0 Å². The van der Waals surface area contributed by atoms with Crippen molar-refractivity contribution in [2.24, 2.45) is 0 Å². The van der Waals surface area contributed by atoms with Gasteiger partial charge in [0.1, 0.15) is 6.61 Å². The van der Waals surface area contributed by atoms with E-state index in [9.17, 15) is 4.79 Å². The third-order valence-electron chi connectivity index (χ3n) is 1.62. The van der Waals surface area contributed by atoms with Crippen molar-refractivity contribution in [3.8, 4) is 0 Å². The Kier molecular flexibility index (Phi) is 6.74. The van der Waals surface area contributed by atoms with E-state index in [0.29, 0.717) is 6.61 Å². The number of carbonyl (C=O) groups is 1. The molecule has 0 aliphatic rings. The van der Waals surface area contributed by atoms with E-state index in [4.69, 9.17) is 4.74 Å². The van der Waals surface area contributed by atoms with Gasteiger partial charge >= 0.3 is 0 Å². The molecule has 0 fully saturated rings. The van der Waals surface area contributed by atoms with Crippen molar-refractivity contribution >= 4 is 28.5 Å². The Morgan fingerprint density at radius 3 is 2.58 bits per heavy atom. The summed E-state index contributed by atoms with van der Waals surface area (Å²) < 4.78 is 6.04. The molecule has 0 aromatic heterocycles. The Hall–Kier alpha value is 0.160. The molecule has 0 atom stereocenters. The van der Waals surface area contributed by atoms with E-state index >= 15 is 0 Å². The fourth-order valence-electron chi connectivity index (χ4n) is 0.604. The average Bonchev–Trinajstić information content (AvgIpc) is 2.03. The Labute approximate surface area is 87.6 Å². The first-order valence-corrected chi connectivity index (χ1v) is 5.51. The third kappa shape index (κ3) is 4.92. The second-order valence-electron chi connectivity index (χ2n) is 2.84. The number of halogens is 1. The van der Waals surface area contributed by atoms with Crippen molar-refractivity contribution in [2.45, 2.75) is 19.9 Å². The van der Waals surface area contributed by atoms with E-state index in [-0.39, 0.29) is 18.6 Å². The molecule has 0 aromatic carbocycles. The van der Waals surface area contributed by atoms with Crippen LogP contribution in [0.2, 0.25) is 0 Å². The van der Waals surface area contributed by atoms with Crippen LogP contribution >= 0.6 is 22.6 Å². The highest BCUT2D eigenvalue weighted by atomic mass is 127. The van der Waals surface area contributed by atoms with E-state index in [0.717, 1.165) is 4.43 Å². The Morgan fingerprint density at radius 2 is 2.17 bits per heavy atom. The first-order chi connectivity index (χ1) is 5.59. The van der Waals surface area contributed by atoms with Gasteiger partial charge in [-0.25, -0.2) is 0 Å². The molecular formula is C8H16INO2. The quantitative estimate of drug-likeness (QED) is 0.433. The van der Waals surface area contributed by atoms with Gasteiger partial charge in [-0.1, -0.05) is 22.6 Å². The summed E-state index contributed by atoms with van der Waals surface area (Å²) in [6.07, 6.45) is 0. The lowest BCUT2D eigenvalue weighted by Crippen LogP contribution is -2.35. The number of hydrogen-bond acceptors (Lipinski definition) is 2. The Balaban J connectivity index is 3.57. The summed E-state index contributed by atoms with van der Waals surface area (Å²) in [5, 5.41) is 0. The number of nitrogens with zero attached hydrogens (tertiary/aromatic N) is 1. The number of amides is 1. The summed E-state index contributed by atoms with van der Waals surface area (Å²) in [6.45, 7) is 4.82. The van der Waals surface area contributed by atoms with Crippen molar-refractivity contribution < 1.29 is 9.53 Å². The molecule has 72 valence electrons. The number of alkyl halides is 1. The third-order valence-corrected chi connectivity index (χ3v) is 2.06. The van der Waals surface area contributed by atoms with Crippen LogP contribution in [0, 0.1) is 0 Å². The van der Waals surface area contributed by atoms with Crippen LogP contribution in [0.4, 0.5) is 0 Å². The van der Waals surface area contributed by atoms with Gasteiger partial charge in [-0.3, -0.25) is 4.79 Å². The molecule has 0 bridgehead atoms. The molecule has 12 heavy (non-hydrogen) atoms. The van der Waals surface area contributed by atoms with Crippen molar-refractivity contribution in [3.05, 3.63) is 0 Å². The zero-order valence-electron chi connectivity index (χ0n) is 7.84. The molecule has 0 radical (unpaired) electrons. The van der Waals surface area contributed by atoms with E-state index in [1.807, 2.05) is 13.8 Å². The summed E-state index contributed by atoms with van der Waals surface area (Å²) >= 11 is 2.22. The molecular weight excluding hydrogens is 269 g/mol. The SMILES string of the molecule is CC(C)N(C)C(=O)COCCI. The van der Waals surface area contributed by atoms with Gasteiger partial charge in [0.15, 0.2) is 0 Å². The van der Waals surface area contributed by atoms with Crippen molar-refractivity contribution in [3.63, 3.8) is 0 Å². The zero-order chi connectivity index (χ0) is 9.56. The maximum Gasteiger partial charge on any atom is 0.248 e. The van der Waals surface area contributed by atoms with Gasteiger partial charge in [0.25, 0.3) is 0 Å². The monoisotopic (exact) mass is 285 g/mol. The van der Waals surface area contributed by atoms with Gasteiger partial charge in [-0.05, 0) is 13.8 Å². The van der Waals surface area contributed by atoms with Crippen molar-refractivity contribution in [1.82, 2.24) is 4.90 Å². The highest BCUT2D eigenvalue weighted by Crippen LogP contribution is 1.94. The first-order valence-electron chi connectivity index (χ1n) is 3.99. The van der Waals surface area contributed by atoms with Gasteiger partial charge in [-0.15, -0.1) is 0 Å². The topological polar surface area (TPSA) is 29.5 Å². The molecule has 1 amide bonds. The van der Waals surface area contributed by atoms with Crippen molar-refractivity contribution in [2.75, 3.05) is 24.7 Å². The summed E-state index contributed by atoms with van der Waals surface area (Å²) in [4.78, 5) is 12.9. The number of rotatable bonds is 5. The van der Waals surface area contributed by atoms with Crippen LogP contribution in [0.5, 0.6) is 0 Å². The van der Waals surface area contributed by atoms with E-state index in [1.165, 1.54) is 0 Å². The molecule has 0 spiro atoms. The standard InChI is InChI=1S/C8H16INO2/c1-7(2)10(3)8(11)6-12-5-4-9/h7H,4-6H2,1-3H3. The Morgan fingerprint density at radius 1 is 1.58 bits per heavy atom. The number of ether oxygens (including phenoxy) is 1. The molecule has 0 unspecified atom stereocenters. The minimum absolute atomic E-state index is 0.0508. The molecule has 0 saturated heterocycles. The number of carbonyl (C=O) groups excluding carboxylic acids is 1. The highest BCUT2D eigenvalue weighted by molar-refractivity contribution is 14.1. The molecule has 0 aliphatic heterocycles. The predicted octanol–water partition coefficient (Wildman–Crippen LogP) is 1.30. The van der Waals surface area contributed by atoms with Crippen LogP contribution in [-0.4, -0.2) is 41.5 Å². The molecule has 0 heterocycles. The van der Waals surface area contributed by atoms with E-state index in [2.05, 4.69) is 22.6 Å². The van der Waals surface area contributed by atoms with Crippen LogP contribution in [0.25, 0.3) is 0 Å². The highest BCUT2D eigenvalue weighted by Gasteiger charge is 2.10. The summed E-state index contributed by atoms with van der Waals surface area (Å²) in [6, 6.07) is 0.251. The zero-order valence-corrected chi connectivity index (χ0v) is 10.00. The van der Waals surface area contributed by atoms with Crippen LogP contribution in [0.3, 0.4) is 0 Å². The van der Waals surface area contributed by atoms with Crippen LogP contribution in [0.1, 0.15) is 13.8 Å². The minimum Gasteiger partial charge on any atom is -0.371 e. The second kappa shape index (κ2) is 6.65. The summed E-state index contributed by atoms with van der Waals surface area (Å²) in [7, 11) is 1.79. The molecule has 0 aliphatic carbocycles. The van der Waals surface area contributed by atoms with Gasteiger partial charge in [0, 0.05) is 17.5 Å². The minimum atomic E-state index is 0.0508. The lowest BCUT2D eigenvalue weighted by Gasteiger charge is -2.21. The number of hydrogen-bond donors (Lipinski definition) is 0. The Bertz CT molecular complexity index is 139. The van der Waals surface area contributed by atoms with Crippen LogP contribution < -0.4 is 0 Å². The predicted molar refractivity (Wildman–Crippen MR) is 57.6 cm³/mol. The van der Waals surface area contributed by atoms with Crippen LogP contribution in [-0.2, 0) is 9.53 Å². The first kappa shape index (κ1) is 12.2. The van der Waals surface area contributed by atoms with E-state index in [1.54, 1.807) is 11.9 Å². The molecule has 0 N–H and O–H groups in total. The summed E-state index contributed by atoms with van der Waals surface area (Å²) in [5.74, 6) is 0.0508. The normalized spacial score (nSPS) is 10.4. The van der Waals surface area contributed by atoms with Gasteiger partial charge in [0.2, 0.25) is 5.91 Å². The molecule has 3 nitrogen and oxygen atoms in total. The second-order valence-corrected chi connectivity index (χ2v) is 3.92. The largest absolute Gasteiger partial charge is 0.371 e. The smallest absolute Gasteiger partial charge is 0.248 e. The molecule has 0 rings (SSSR count). The fourth-order valence-corrected chi connectivity index (χ4v) is 0.915.